The molecular formula is C11H21NO. The minimum absolute atomic E-state index is 0.746. The second-order valence-corrected chi connectivity index (χ2v) is 4.80. The minimum atomic E-state index is 0.746. The number of rotatable bonds is 3. The quantitative estimate of drug-likeness (QED) is 0.720. The molecule has 2 bridgehead atoms. The van der Waals surface area contributed by atoms with Gasteiger partial charge in [0.2, 0.25) is 0 Å². The highest BCUT2D eigenvalue weighted by atomic mass is 16.5. The average Bonchev–Trinajstić information content (AvgIpc) is 2.46. The van der Waals surface area contributed by atoms with Crippen LogP contribution in [0.3, 0.4) is 0 Å². The maximum absolute atomic E-state index is 5.23. The maximum Gasteiger partial charge on any atom is 0.0490 e. The summed E-state index contributed by atoms with van der Waals surface area (Å²) in [6.45, 7) is 3.27. The van der Waals surface area contributed by atoms with E-state index in [1.165, 1.54) is 25.7 Å². The predicted octanol–water partition coefficient (Wildman–Crippen LogP) is 1.80. The third-order valence-corrected chi connectivity index (χ3v) is 3.74. The van der Waals surface area contributed by atoms with E-state index >= 15 is 0 Å². The molecule has 76 valence electrons. The van der Waals surface area contributed by atoms with Crippen LogP contribution in [0.1, 0.15) is 32.6 Å². The predicted molar refractivity (Wildman–Crippen MR) is 53.7 cm³/mol. The van der Waals surface area contributed by atoms with Gasteiger partial charge < -0.3 is 10.1 Å². The van der Waals surface area contributed by atoms with Gasteiger partial charge in [0.25, 0.3) is 0 Å². The normalized spacial score (nSPS) is 40.6. The smallest absolute Gasteiger partial charge is 0.0490 e. The SMILES string of the molecule is COCC(C)C1CC2CCC(C1)N2. The molecule has 3 atom stereocenters. The molecule has 2 fully saturated rings. The summed E-state index contributed by atoms with van der Waals surface area (Å²) in [5.41, 5.74) is 0. The Morgan fingerprint density at radius 2 is 1.92 bits per heavy atom. The molecule has 3 unspecified atom stereocenters. The number of fused-ring (bicyclic) bond motifs is 2. The molecule has 1 N–H and O–H groups in total. The van der Waals surface area contributed by atoms with Crippen LogP contribution in [0.5, 0.6) is 0 Å². The van der Waals surface area contributed by atoms with E-state index in [2.05, 4.69) is 12.2 Å². The van der Waals surface area contributed by atoms with Crippen LogP contribution in [0.25, 0.3) is 0 Å². The largest absolute Gasteiger partial charge is 0.384 e. The fourth-order valence-corrected chi connectivity index (χ4v) is 2.96. The lowest BCUT2D eigenvalue weighted by Crippen LogP contribution is -2.40. The van der Waals surface area contributed by atoms with Crippen molar-refractivity contribution < 1.29 is 4.74 Å². The van der Waals surface area contributed by atoms with Gasteiger partial charge in [-0.1, -0.05) is 6.92 Å². The van der Waals surface area contributed by atoms with Crippen molar-refractivity contribution in [3.05, 3.63) is 0 Å². The first-order chi connectivity index (χ1) is 6.29. The Morgan fingerprint density at radius 3 is 2.46 bits per heavy atom. The molecular weight excluding hydrogens is 162 g/mol. The Hall–Kier alpha value is -0.0800. The number of methoxy groups -OCH3 is 1. The summed E-state index contributed by atoms with van der Waals surface area (Å²) in [5.74, 6) is 1.65. The molecule has 13 heavy (non-hydrogen) atoms. The Morgan fingerprint density at radius 1 is 1.31 bits per heavy atom. The van der Waals surface area contributed by atoms with Crippen molar-refractivity contribution in [1.82, 2.24) is 5.32 Å². The standard InChI is InChI=1S/C11H21NO/c1-8(7-13-2)9-5-10-3-4-11(6-9)12-10/h8-12H,3-7H2,1-2H3. The lowest BCUT2D eigenvalue weighted by Gasteiger charge is -2.32. The van der Waals surface area contributed by atoms with Gasteiger partial charge in [-0.3, -0.25) is 0 Å². The van der Waals surface area contributed by atoms with Gasteiger partial charge in [-0.15, -0.1) is 0 Å². The van der Waals surface area contributed by atoms with E-state index in [1.807, 2.05) is 7.11 Å². The zero-order valence-corrected chi connectivity index (χ0v) is 8.75. The first kappa shape index (κ1) is 9.47. The number of hydrogen-bond donors (Lipinski definition) is 1. The third-order valence-electron chi connectivity index (χ3n) is 3.74. The van der Waals surface area contributed by atoms with E-state index in [1.54, 1.807) is 0 Å². The van der Waals surface area contributed by atoms with Crippen LogP contribution >= 0.6 is 0 Å². The van der Waals surface area contributed by atoms with Gasteiger partial charge in [0.05, 0.1) is 0 Å². The number of ether oxygens (including phenoxy) is 1. The first-order valence-electron chi connectivity index (χ1n) is 5.54. The Labute approximate surface area is 81.0 Å². The molecule has 2 heterocycles. The van der Waals surface area contributed by atoms with Crippen molar-refractivity contribution in [2.24, 2.45) is 11.8 Å². The van der Waals surface area contributed by atoms with E-state index in [4.69, 9.17) is 4.74 Å². The maximum atomic E-state index is 5.23. The molecule has 2 aliphatic heterocycles. The van der Waals surface area contributed by atoms with Crippen LogP contribution in [-0.2, 0) is 4.74 Å². The second kappa shape index (κ2) is 3.97. The van der Waals surface area contributed by atoms with Gasteiger partial charge in [0.15, 0.2) is 0 Å². The van der Waals surface area contributed by atoms with Gasteiger partial charge in [0.1, 0.15) is 0 Å². The third kappa shape index (κ3) is 2.05. The topological polar surface area (TPSA) is 21.3 Å². The highest BCUT2D eigenvalue weighted by Gasteiger charge is 2.35. The fourth-order valence-electron chi connectivity index (χ4n) is 2.96. The van der Waals surface area contributed by atoms with Crippen LogP contribution in [0, 0.1) is 11.8 Å². The molecule has 2 aliphatic rings. The van der Waals surface area contributed by atoms with Crippen molar-refractivity contribution in [1.29, 1.82) is 0 Å². The van der Waals surface area contributed by atoms with Crippen LogP contribution in [0.2, 0.25) is 0 Å². The molecule has 0 amide bonds. The van der Waals surface area contributed by atoms with Crippen molar-refractivity contribution in [2.75, 3.05) is 13.7 Å². The van der Waals surface area contributed by atoms with E-state index < -0.39 is 0 Å². The minimum Gasteiger partial charge on any atom is -0.384 e. The summed E-state index contributed by atoms with van der Waals surface area (Å²) in [4.78, 5) is 0. The number of hydrogen-bond acceptors (Lipinski definition) is 2. The van der Waals surface area contributed by atoms with Crippen LogP contribution in [-0.4, -0.2) is 25.8 Å². The van der Waals surface area contributed by atoms with Crippen molar-refractivity contribution in [3.63, 3.8) is 0 Å². The lowest BCUT2D eigenvalue weighted by atomic mass is 9.83. The van der Waals surface area contributed by atoms with E-state index in [9.17, 15) is 0 Å². The van der Waals surface area contributed by atoms with Gasteiger partial charge in [-0.05, 0) is 37.5 Å². The summed E-state index contributed by atoms with van der Waals surface area (Å²) in [5, 5.41) is 3.68. The molecule has 2 rings (SSSR count). The monoisotopic (exact) mass is 183 g/mol. The van der Waals surface area contributed by atoms with Crippen LogP contribution in [0.15, 0.2) is 0 Å². The van der Waals surface area contributed by atoms with Crippen LogP contribution in [0.4, 0.5) is 0 Å². The summed E-state index contributed by atoms with van der Waals surface area (Å²) in [7, 11) is 1.81. The fraction of sp³-hybridized carbons (Fsp3) is 1.00. The molecule has 0 spiro atoms. The Bertz CT molecular complexity index is 159. The number of piperidine rings is 1. The molecule has 0 radical (unpaired) electrons. The molecule has 2 nitrogen and oxygen atoms in total. The molecule has 2 heteroatoms. The van der Waals surface area contributed by atoms with E-state index in [-0.39, 0.29) is 0 Å². The summed E-state index contributed by atoms with van der Waals surface area (Å²) in [6.07, 6.45) is 5.56. The van der Waals surface area contributed by atoms with E-state index in [0.717, 1.165) is 30.5 Å². The molecule has 0 saturated carbocycles. The molecule has 0 aliphatic carbocycles. The zero-order chi connectivity index (χ0) is 9.26. The number of nitrogens with one attached hydrogen (secondary N) is 1. The zero-order valence-electron chi connectivity index (χ0n) is 8.75. The first-order valence-corrected chi connectivity index (χ1v) is 5.54. The van der Waals surface area contributed by atoms with Crippen LogP contribution < -0.4 is 5.32 Å². The highest BCUT2D eigenvalue weighted by Crippen LogP contribution is 2.34. The summed E-state index contributed by atoms with van der Waals surface area (Å²) in [6, 6.07) is 1.64. The van der Waals surface area contributed by atoms with Crippen molar-refractivity contribution in [2.45, 2.75) is 44.7 Å². The Balaban J connectivity index is 1.87. The molecule has 0 aromatic rings. The average molecular weight is 183 g/mol. The molecule has 0 aromatic carbocycles. The van der Waals surface area contributed by atoms with E-state index in [0.29, 0.717) is 0 Å². The second-order valence-electron chi connectivity index (χ2n) is 4.80. The van der Waals surface area contributed by atoms with Crippen molar-refractivity contribution >= 4 is 0 Å². The molecule has 2 saturated heterocycles. The highest BCUT2D eigenvalue weighted by molar-refractivity contribution is 4.93. The molecule has 0 aromatic heterocycles. The van der Waals surface area contributed by atoms with Gasteiger partial charge in [-0.25, -0.2) is 0 Å². The lowest BCUT2D eigenvalue weighted by molar-refractivity contribution is 0.107. The summed E-state index contributed by atoms with van der Waals surface area (Å²) < 4.78 is 5.23. The summed E-state index contributed by atoms with van der Waals surface area (Å²) >= 11 is 0. The van der Waals surface area contributed by atoms with Gasteiger partial charge >= 0.3 is 0 Å². The van der Waals surface area contributed by atoms with Gasteiger partial charge in [-0.2, -0.15) is 0 Å². The Kier molecular flexibility index (Phi) is 2.89. The van der Waals surface area contributed by atoms with Crippen molar-refractivity contribution in [3.8, 4) is 0 Å². The van der Waals surface area contributed by atoms with Gasteiger partial charge in [0, 0.05) is 25.8 Å².